The van der Waals surface area contributed by atoms with E-state index in [2.05, 4.69) is 68.8 Å². The molecule has 0 aliphatic carbocycles. The fraction of sp³-hybridized carbons (Fsp3) is 0.475. The number of carbonyl (C=O) groups excluding carboxylic acids is 3. The number of fused-ring (bicyclic) bond motifs is 4. The number of alkyl carbamates (subject to hydrolysis) is 1. The molecule has 3 atom stereocenters. The van der Waals surface area contributed by atoms with Gasteiger partial charge >= 0.3 is 12.2 Å². The van der Waals surface area contributed by atoms with Crippen molar-refractivity contribution >= 4 is 18.1 Å². The number of benzene rings is 2. The van der Waals surface area contributed by atoms with Crippen molar-refractivity contribution < 1.29 is 28.6 Å². The third-order valence-corrected chi connectivity index (χ3v) is 10.2. The van der Waals surface area contributed by atoms with Crippen molar-refractivity contribution in [2.75, 3.05) is 26.8 Å². The van der Waals surface area contributed by atoms with Gasteiger partial charge < -0.3 is 34.4 Å². The maximum Gasteiger partial charge on any atom is 0.410 e. The molecule has 5 heterocycles. The summed E-state index contributed by atoms with van der Waals surface area (Å²) in [5.74, 6) is 1.39. The van der Waals surface area contributed by atoms with E-state index in [-0.39, 0.29) is 24.1 Å². The standard InChI is InChI=1S/C40H49N7O6/c1-40(2,3)53-39(50)47-21-8-10-32(47)35-41-23-30(42-35)27-16-12-25(13-17-27)26-14-18-28(19-15-26)34-31-24-52-22-6-5-9-29(44-38(49)51-4)37(48)46-20-7-11-33(46)36(43-31)45-34/h12-19,23,29,32-33H,5-11,20-22,24H2,1-4H3,(H,41,42)(H,43,45)(H,44,49)/t29-,32-,33-/m0/s1. The Morgan fingerprint density at radius 3 is 2.25 bits per heavy atom. The summed E-state index contributed by atoms with van der Waals surface area (Å²) in [4.78, 5) is 58.9. The molecule has 3 aliphatic heterocycles. The van der Waals surface area contributed by atoms with Crippen LogP contribution in [0.15, 0.2) is 54.7 Å². The Labute approximate surface area is 309 Å². The number of hydrogen-bond donors (Lipinski definition) is 3. The fourth-order valence-corrected chi connectivity index (χ4v) is 7.54. The Bertz CT molecular complexity index is 1910. The van der Waals surface area contributed by atoms with Gasteiger partial charge in [0.1, 0.15) is 23.3 Å². The first-order valence-electron chi connectivity index (χ1n) is 18.6. The monoisotopic (exact) mass is 723 g/mol. The third-order valence-electron chi connectivity index (χ3n) is 10.2. The molecular weight excluding hydrogens is 674 g/mol. The first kappa shape index (κ1) is 36.2. The Morgan fingerprint density at radius 2 is 1.53 bits per heavy atom. The van der Waals surface area contributed by atoms with Crippen LogP contribution in [0.4, 0.5) is 9.59 Å². The number of likely N-dealkylation sites (tertiary alicyclic amines) is 1. The number of nitrogens with one attached hydrogen (secondary N) is 3. The molecule has 7 rings (SSSR count). The molecule has 0 saturated carbocycles. The molecule has 0 spiro atoms. The Kier molecular flexibility index (Phi) is 10.5. The number of rotatable bonds is 5. The number of H-pyrrole nitrogens is 2. The predicted octanol–water partition coefficient (Wildman–Crippen LogP) is 7.29. The zero-order valence-electron chi connectivity index (χ0n) is 30.9. The first-order valence-corrected chi connectivity index (χ1v) is 18.6. The van der Waals surface area contributed by atoms with E-state index in [9.17, 15) is 14.4 Å². The van der Waals surface area contributed by atoms with Crippen molar-refractivity contribution in [2.24, 2.45) is 0 Å². The molecule has 280 valence electrons. The van der Waals surface area contributed by atoms with E-state index in [4.69, 9.17) is 19.2 Å². The second kappa shape index (κ2) is 15.4. The maximum absolute atomic E-state index is 13.7. The average Bonchev–Trinajstić information content (AvgIpc) is 3.97. The number of aromatic amines is 2. The lowest BCUT2D eigenvalue weighted by atomic mass is 10.0. The number of nitrogens with zero attached hydrogens (tertiary/aromatic N) is 4. The zero-order chi connectivity index (χ0) is 37.1. The van der Waals surface area contributed by atoms with Crippen molar-refractivity contribution in [1.82, 2.24) is 35.1 Å². The normalized spacial score (nSPS) is 21.0. The smallest absolute Gasteiger partial charge is 0.410 e. The topological polar surface area (TPSA) is 155 Å². The Morgan fingerprint density at radius 1 is 0.849 bits per heavy atom. The Hall–Kier alpha value is -5.17. The minimum atomic E-state index is -0.662. The van der Waals surface area contributed by atoms with Gasteiger partial charge in [0.2, 0.25) is 5.91 Å². The van der Waals surface area contributed by atoms with Crippen molar-refractivity contribution in [3.05, 3.63) is 72.1 Å². The molecule has 2 aromatic carbocycles. The van der Waals surface area contributed by atoms with Crippen LogP contribution in [0.1, 0.15) is 95.1 Å². The molecule has 13 heteroatoms. The number of imidazole rings is 2. The minimum Gasteiger partial charge on any atom is -0.453 e. The number of amides is 3. The Balaban J connectivity index is 1.07. The first-order chi connectivity index (χ1) is 25.6. The molecule has 3 N–H and O–H groups in total. The van der Waals surface area contributed by atoms with Crippen LogP contribution in [0.5, 0.6) is 0 Å². The summed E-state index contributed by atoms with van der Waals surface area (Å²) in [6.45, 7) is 7.80. The van der Waals surface area contributed by atoms with Crippen LogP contribution in [0.2, 0.25) is 0 Å². The third kappa shape index (κ3) is 8.09. The van der Waals surface area contributed by atoms with E-state index in [1.54, 1.807) is 4.90 Å². The molecule has 3 aliphatic rings. The van der Waals surface area contributed by atoms with E-state index >= 15 is 0 Å². The van der Waals surface area contributed by atoms with E-state index in [0.29, 0.717) is 32.7 Å². The lowest BCUT2D eigenvalue weighted by molar-refractivity contribution is -0.134. The van der Waals surface area contributed by atoms with Gasteiger partial charge in [0.05, 0.1) is 49.1 Å². The van der Waals surface area contributed by atoms with Crippen LogP contribution in [0, 0.1) is 0 Å². The van der Waals surface area contributed by atoms with E-state index in [1.807, 2.05) is 31.9 Å². The quantitative estimate of drug-likeness (QED) is 0.194. The van der Waals surface area contributed by atoms with Gasteiger partial charge in [-0.1, -0.05) is 48.5 Å². The second-order valence-electron chi connectivity index (χ2n) is 15.0. The van der Waals surface area contributed by atoms with Crippen LogP contribution in [0.25, 0.3) is 33.6 Å². The molecule has 53 heavy (non-hydrogen) atoms. The highest BCUT2D eigenvalue weighted by molar-refractivity contribution is 5.86. The van der Waals surface area contributed by atoms with E-state index in [1.165, 1.54) is 7.11 Å². The summed E-state index contributed by atoms with van der Waals surface area (Å²) in [6, 6.07) is 15.7. The van der Waals surface area contributed by atoms with E-state index in [0.717, 1.165) is 89.5 Å². The van der Waals surface area contributed by atoms with Gasteiger partial charge in [-0.15, -0.1) is 0 Å². The van der Waals surface area contributed by atoms with Crippen LogP contribution >= 0.6 is 0 Å². The van der Waals surface area contributed by atoms with Crippen molar-refractivity contribution in [2.45, 2.75) is 96.1 Å². The van der Waals surface area contributed by atoms with Crippen LogP contribution < -0.4 is 5.32 Å². The molecular formula is C40H49N7O6. The van der Waals surface area contributed by atoms with Crippen LogP contribution in [-0.2, 0) is 25.6 Å². The summed E-state index contributed by atoms with van der Waals surface area (Å²) in [6.07, 6.45) is 6.30. The predicted molar refractivity (Wildman–Crippen MR) is 198 cm³/mol. The molecule has 4 aromatic rings. The molecule has 13 nitrogen and oxygen atoms in total. The van der Waals surface area contributed by atoms with E-state index < -0.39 is 17.7 Å². The highest BCUT2D eigenvalue weighted by atomic mass is 16.6. The van der Waals surface area contributed by atoms with Gasteiger partial charge in [0.15, 0.2) is 0 Å². The van der Waals surface area contributed by atoms with Crippen molar-refractivity contribution in [3.63, 3.8) is 0 Å². The summed E-state index contributed by atoms with van der Waals surface area (Å²) in [5, 5.41) is 2.74. The van der Waals surface area contributed by atoms with Crippen molar-refractivity contribution in [3.8, 4) is 33.6 Å². The SMILES string of the molecule is COC(=O)N[C@H]1CCCCOCc2[nH]c(nc2-c2ccc(-c3ccc(-c4cnc([C@@H]5CCCN5C(=O)OC(C)(C)C)[nH]4)cc3)cc2)[C@@H]2CCCN2C1=O. The summed E-state index contributed by atoms with van der Waals surface area (Å²) < 4.78 is 16.5. The highest BCUT2D eigenvalue weighted by Crippen LogP contribution is 2.36. The van der Waals surface area contributed by atoms with Gasteiger partial charge in [0.25, 0.3) is 0 Å². The fourth-order valence-electron chi connectivity index (χ4n) is 7.54. The zero-order valence-corrected chi connectivity index (χ0v) is 30.9. The average molecular weight is 724 g/mol. The number of aromatic nitrogens is 4. The minimum absolute atomic E-state index is 0.112. The van der Waals surface area contributed by atoms with Crippen LogP contribution in [0.3, 0.4) is 0 Å². The van der Waals surface area contributed by atoms with Gasteiger partial charge in [-0.2, -0.15) is 0 Å². The largest absolute Gasteiger partial charge is 0.453 e. The lowest BCUT2D eigenvalue weighted by Crippen LogP contribution is -2.48. The van der Waals surface area contributed by atoms with Gasteiger partial charge in [0, 0.05) is 25.3 Å². The van der Waals surface area contributed by atoms with Gasteiger partial charge in [-0.3, -0.25) is 9.69 Å². The lowest BCUT2D eigenvalue weighted by Gasteiger charge is -2.28. The number of methoxy groups -OCH3 is 1. The number of ether oxygens (including phenoxy) is 3. The number of hydrogen-bond acceptors (Lipinski definition) is 8. The molecule has 0 unspecified atom stereocenters. The van der Waals surface area contributed by atoms with Gasteiger partial charge in [-0.05, 0) is 82.4 Å². The maximum atomic E-state index is 13.7. The second-order valence-corrected chi connectivity index (χ2v) is 15.0. The molecule has 3 amide bonds. The molecule has 2 bridgehead atoms. The number of carbonyl (C=O) groups is 3. The molecule has 2 saturated heterocycles. The highest BCUT2D eigenvalue weighted by Gasteiger charge is 2.37. The summed E-state index contributed by atoms with van der Waals surface area (Å²) in [7, 11) is 1.30. The van der Waals surface area contributed by atoms with Crippen molar-refractivity contribution in [1.29, 1.82) is 0 Å². The molecule has 0 radical (unpaired) electrons. The summed E-state index contributed by atoms with van der Waals surface area (Å²) in [5.41, 5.74) is 6.13. The molecule has 2 fully saturated rings. The molecule has 2 aromatic heterocycles. The summed E-state index contributed by atoms with van der Waals surface area (Å²) >= 11 is 0. The van der Waals surface area contributed by atoms with Crippen LogP contribution in [-0.4, -0.2) is 86.3 Å². The van der Waals surface area contributed by atoms with Gasteiger partial charge in [-0.25, -0.2) is 19.6 Å².